The highest BCUT2D eigenvalue weighted by molar-refractivity contribution is 5.66. The van der Waals surface area contributed by atoms with Crippen molar-refractivity contribution in [1.82, 2.24) is 9.78 Å². The first kappa shape index (κ1) is 8.46. The first-order valence-electron chi connectivity index (χ1n) is 3.57. The number of allylic oxidation sites excluding steroid dienone is 2. The summed E-state index contributed by atoms with van der Waals surface area (Å²) in [6.07, 6.45) is 5.30. The molecular formula is C9H11N3. The van der Waals surface area contributed by atoms with Gasteiger partial charge in [0.15, 0.2) is 0 Å². The van der Waals surface area contributed by atoms with Gasteiger partial charge in [0.05, 0.1) is 5.70 Å². The van der Waals surface area contributed by atoms with E-state index in [0.29, 0.717) is 0 Å². The van der Waals surface area contributed by atoms with Gasteiger partial charge in [0.1, 0.15) is 5.69 Å². The smallest absolute Gasteiger partial charge is 0.111 e. The minimum atomic E-state index is 0.741. The van der Waals surface area contributed by atoms with Crippen molar-refractivity contribution >= 4 is 12.4 Å². The third kappa shape index (κ3) is 1.69. The van der Waals surface area contributed by atoms with Gasteiger partial charge in [0.2, 0.25) is 0 Å². The summed E-state index contributed by atoms with van der Waals surface area (Å²) in [5, 5.41) is 4.17. The largest absolute Gasteiger partial charge is 0.275 e. The molecule has 12 heavy (non-hydrogen) atoms. The Morgan fingerprint density at radius 1 is 1.75 bits per heavy atom. The SMILES string of the molecule is C=C/C=C(\N=C)c1ccn(C)n1. The number of aromatic nitrogens is 2. The number of hydrogen-bond donors (Lipinski definition) is 0. The second-order valence-corrected chi connectivity index (χ2v) is 2.32. The molecule has 1 heterocycles. The van der Waals surface area contributed by atoms with Crippen molar-refractivity contribution < 1.29 is 0 Å². The lowest BCUT2D eigenvalue weighted by Gasteiger charge is -1.92. The van der Waals surface area contributed by atoms with E-state index in [1.807, 2.05) is 19.3 Å². The minimum Gasteiger partial charge on any atom is -0.275 e. The lowest BCUT2D eigenvalue weighted by Crippen LogP contribution is -1.89. The Morgan fingerprint density at radius 3 is 2.92 bits per heavy atom. The summed E-state index contributed by atoms with van der Waals surface area (Å²) in [6, 6.07) is 1.88. The molecule has 3 nitrogen and oxygen atoms in total. The van der Waals surface area contributed by atoms with E-state index < -0.39 is 0 Å². The Balaban J connectivity index is 3.02. The van der Waals surface area contributed by atoms with Crippen molar-refractivity contribution in [1.29, 1.82) is 0 Å². The van der Waals surface area contributed by atoms with Crippen LogP contribution in [0.4, 0.5) is 0 Å². The maximum atomic E-state index is 4.17. The fraction of sp³-hybridized carbons (Fsp3) is 0.111. The molecule has 0 amide bonds. The monoisotopic (exact) mass is 161 g/mol. The first-order valence-corrected chi connectivity index (χ1v) is 3.57. The lowest BCUT2D eigenvalue weighted by molar-refractivity contribution is 0.763. The molecule has 0 radical (unpaired) electrons. The lowest BCUT2D eigenvalue weighted by atomic mass is 10.3. The first-order chi connectivity index (χ1) is 5.77. The molecular weight excluding hydrogens is 150 g/mol. The zero-order valence-corrected chi connectivity index (χ0v) is 7.07. The van der Waals surface area contributed by atoms with Gasteiger partial charge in [0.25, 0.3) is 0 Å². The van der Waals surface area contributed by atoms with Gasteiger partial charge in [-0.25, -0.2) is 0 Å². The Kier molecular flexibility index (Phi) is 2.58. The molecule has 0 saturated carbocycles. The third-order valence-electron chi connectivity index (χ3n) is 1.42. The van der Waals surface area contributed by atoms with Crippen LogP contribution < -0.4 is 0 Å². The van der Waals surface area contributed by atoms with Crippen molar-refractivity contribution in [2.45, 2.75) is 0 Å². The molecule has 0 aliphatic heterocycles. The Morgan fingerprint density at radius 2 is 2.50 bits per heavy atom. The average molecular weight is 161 g/mol. The van der Waals surface area contributed by atoms with Crippen LogP contribution in [0, 0.1) is 0 Å². The summed E-state index contributed by atoms with van der Waals surface area (Å²) >= 11 is 0. The van der Waals surface area contributed by atoms with Crippen LogP contribution in [0.2, 0.25) is 0 Å². The van der Waals surface area contributed by atoms with Gasteiger partial charge in [-0.2, -0.15) is 5.10 Å². The van der Waals surface area contributed by atoms with E-state index in [4.69, 9.17) is 0 Å². The molecule has 0 aliphatic rings. The van der Waals surface area contributed by atoms with Gasteiger partial charge in [0, 0.05) is 13.2 Å². The molecule has 0 fully saturated rings. The standard InChI is InChI=1S/C9H11N3/c1-4-5-8(10-2)9-6-7-12(3)11-9/h4-7H,1-2H2,3H3/b8-5-. The van der Waals surface area contributed by atoms with Crippen LogP contribution in [-0.4, -0.2) is 16.5 Å². The summed E-state index contributed by atoms with van der Waals surface area (Å²) in [7, 11) is 1.86. The Labute approximate surface area is 71.7 Å². The molecule has 0 N–H and O–H groups in total. The molecule has 0 aromatic carbocycles. The van der Waals surface area contributed by atoms with Crippen LogP contribution in [0.15, 0.2) is 36.0 Å². The molecule has 0 bridgehead atoms. The van der Waals surface area contributed by atoms with E-state index in [1.54, 1.807) is 16.8 Å². The van der Waals surface area contributed by atoms with Crippen molar-refractivity contribution in [3.05, 3.63) is 36.7 Å². The van der Waals surface area contributed by atoms with Crippen LogP contribution in [0.5, 0.6) is 0 Å². The van der Waals surface area contributed by atoms with Gasteiger partial charge >= 0.3 is 0 Å². The van der Waals surface area contributed by atoms with Crippen molar-refractivity contribution in [3.8, 4) is 0 Å². The number of hydrogen-bond acceptors (Lipinski definition) is 2. The van der Waals surface area contributed by atoms with Crippen LogP contribution in [0.3, 0.4) is 0 Å². The average Bonchev–Trinajstić information content (AvgIpc) is 2.47. The number of nitrogens with zero attached hydrogens (tertiary/aromatic N) is 3. The molecule has 0 spiro atoms. The molecule has 0 atom stereocenters. The molecule has 3 heteroatoms. The van der Waals surface area contributed by atoms with E-state index >= 15 is 0 Å². The quantitative estimate of drug-likeness (QED) is 0.489. The maximum Gasteiger partial charge on any atom is 0.111 e. The number of rotatable bonds is 3. The van der Waals surface area contributed by atoms with E-state index in [2.05, 4.69) is 23.4 Å². The highest BCUT2D eigenvalue weighted by Gasteiger charge is 1.99. The summed E-state index contributed by atoms with van der Waals surface area (Å²) in [5.74, 6) is 0. The second-order valence-electron chi connectivity index (χ2n) is 2.32. The van der Waals surface area contributed by atoms with Crippen LogP contribution in [-0.2, 0) is 7.05 Å². The Hall–Kier alpha value is -1.64. The molecule has 0 unspecified atom stereocenters. The highest BCUT2D eigenvalue weighted by atomic mass is 15.3. The predicted molar refractivity (Wildman–Crippen MR) is 50.9 cm³/mol. The Bertz CT molecular complexity index is 320. The number of aryl methyl sites for hydroxylation is 1. The molecule has 1 rings (SSSR count). The van der Waals surface area contributed by atoms with E-state index in [-0.39, 0.29) is 0 Å². The molecule has 0 saturated heterocycles. The zero-order valence-electron chi connectivity index (χ0n) is 7.07. The van der Waals surface area contributed by atoms with E-state index in [1.165, 1.54) is 0 Å². The van der Waals surface area contributed by atoms with Crippen molar-refractivity contribution in [2.24, 2.45) is 12.0 Å². The summed E-state index contributed by atoms with van der Waals surface area (Å²) in [4.78, 5) is 3.83. The molecule has 62 valence electrons. The van der Waals surface area contributed by atoms with E-state index in [0.717, 1.165) is 11.4 Å². The summed E-state index contributed by atoms with van der Waals surface area (Å²) < 4.78 is 1.72. The summed E-state index contributed by atoms with van der Waals surface area (Å²) in [5.41, 5.74) is 1.55. The maximum absolute atomic E-state index is 4.17. The topological polar surface area (TPSA) is 30.2 Å². The van der Waals surface area contributed by atoms with Gasteiger partial charge in [-0.1, -0.05) is 12.7 Å². The molecule has 1 aromatic rings. The number of aliphatic imine (C=N–C) groups is 1. The fourth-order valence-corrected chi connectivity index (χ4v) is 0.882. The van der Waals surface area contributed by atoms with Crippen LogP contribution >= 0.6 is 0 Å². The molecule has 0 aliphatic carbocycles. The van der Waals surface area contributed by atoms with Crippen LogP contribution in [0.1, 0.15) is 5.69 Å². The van der Waals surface area contributed by atoms with Crippen LogP contribution in [0.25, 0.3) is 5.70 Å². The van der Waals surface area contributed by atoms with Crippen molar-refractivity contribution in [2.75, 3.05) is 0 Å². The second kappa shape index (κ2) is 3.67. The molecule has 1 aromatic heterocycles. The van der Waals surface area contributed by atoms with Gasteiger partial charge in [-0.3, -0.25) is 9.67 Å². The minimum absolute atomic E-state index is 0.741. The van der Waals surface area contributed by atoms with E-state index in [9.17, 15) is 0 Å². The fourth-order valence-electron chi connectivity index (χ4n) is 0.882. The van der Waals surface area contributed by atoms with Crippen molar-refractivity contribution in [3.63, 3.8) is 0 Å². The van der Waals surface area contributed by atoms with Gasteiger partial charge in [-0.05, 0) is 18.9 Å². The highest BCUT2D eigenvalue weighted by Crippen LogP contribution is 2.11. The predicted octanol–water partition coefficient (Wildman–Crippen LogP) is 1.65. The third-order valence-corrected chi connectivity index (χ3v) is 1.42. The normalized spacial score (nSPS) is 11.2. The van der Waals surface area contributed by atoms with Gasteiger partial charge in [-0.15, -0.1) is 0 Å². The van der Waals surface area contributed by atoms with Gasteiger partial charge < -0.3 is 0 Å². The zero-order chi connectivity index (χ0) is 8.97. The summed E-state index contributed by atoms with van der Waals surface area (Å²) in [6.45, 7) is 7.03.